The Labute approximate surface area is 117 Å². The first-order valence-electron chi connectivity index (χ1n) is 6.41. The summed E-state index contributed by atoms with van der Waals surface area (Å²) in [4.78, 5) is 8.98. The van der Waals surface area contributed by atoms with E-state index in [0.29, 0.717) is 17.3 Å². The molecule has 20 heavy (non-hydrogen) atoms. The zero-order chi connectivity index (χ0) is 14.1. The fourth-order valence-corrected chi connectivity index (χ4v) is 2.03. The van der Waals surface area contributed by atoms with E-state index < -0.39 is 0 Å². The van der Waals surface area contributed by atoms with Crippen LogP contribution in [0, 0.1) is 13.8 Å². The standard InChI is InChI=1S/C16H15N3O/c1-10-7-8-15(12(17)9-10)20-16-11(2)18-13-5-3-4-6-14(13)19-16/h3-9H,17H2,1-2H3. The van der Waals surface area contributed by atoms with Gasteiger partial charge in [-0.1, -0.05) is 18.2 Å². The number of anilines is 1. The highest BCUT2D eigenvalue weighted by Crippen LogP contribution is 2.29. The molecule has 2 aromatic carbocycles. The van der Waals surface area contributed by atoms with E-state index in [1.165, 1.54) is 0 Å². The lowest BCUT2D eigenvalue weighted by atomic mass is 10.2. The third kappa shape index (κ3) is 2.28. The molecular weight excluding hydrogens is 250 g/mol. The van der Waals surface area contributed by atoms with Crippen molar-refractivity contribution in [2.45, 2.75) is 13.8 Å². The lowest BCUT2D eigenvalue weighted by Crippen LogP contribution is -1.98. The normalized spacial score (nSPS) is 10.7. The van der Waals surface area contributed by atoms with Crippen LogP contribution in [-0.2, 0) is 0 Å². The first-order chi connectivity index (χ1) is 9.63. The average Bonchev–Trinajstić information content (AvgIpc) is 2.42. The Morgan fingerprint density at radius 2 is 1.65 bits per heavy atom. The van der Waals surface area contributed by atoms with E-state index in [2.05, 4.69) is 9.97 Å². The second-order valence-corrected chi connectivity index (χ2v) is 4.75. The minimum atomic E-state index is 0.485. The van der Waals surface area contributed by atoms with Gasteiger partial charge in [0.2, 0.25) is 5.88 Å². The summed E-state index contributed by atoms with van der Waals surface area (Å²) in [5.41, 5.74) is 10.0. The van der Waals surface area contributed by atoms with Crippen LogP contribution in [-0.4, -0.2) is 9.97 Å². The summed E-state index contributed by atoms with van der Waals surface area (Å²) in [7, 11) is 0. The lowest BCUT2D eigenvalue weighted by Gasteiger charge is -2.10. The average molecular weight is 265 g/mol. The number of aromatic nitrogens is 2. The molecule has 2 N–H and O–H groups in total. The molecule has 100 valence electrons. The van der Waals surface area contributed by atoms with Crippen molar-refractivity contribution in [2.75, 3.05) is 5.73 Å². The molecule has 3 rings (SSSR count). The molecule has 0 bridgehead atoms. The summed E-state index contributed by atoms with van der Waals surface area (Å²) in [5, 5.41) is 0. The predicted octanol–water partition coefficient (Wildman–Crippen LogP) is 3.62. The fraction of sp³-hybridized carbons (Fsp3) is 0.125. The number of nitrogens with zero attached hydrogens (tertiary/aromatic N) is 2. The van der Waals surface area contributed by atoms with Crippen molar-refractivity contribution in [1.29, 1.82) is 0 Å². The van der Waals surface area contributed by atoms with E-state index in [1.54, 1.807) is 0 Å². The quantitative estimate of drug-likeness (QED) is 0.719. The van der Waals surface area contributed by atoms with E-state index in [0.717, 1.165) is 22.3 Å². The highest BCUT2D eigenvalue weighted by Gasteiger charge is 2.09. The molecule has 0 atom stereocenters. The van der Waals surface area contributed by atoms with Crippen molar-refractivity contribution in [2.24, 2.45) is 0 Å². The number of rotatable bonds is 2. The number of hydrogen-bond acceptors (Lipinski definition) is 4. The zero-order valence-corrected chi connectivity index (χ0v) is 11.4. The Kier molecular flexibility index (Phi) is 2.99. The van der Waals surface area contributed by atoms with Crippen molar-refractivity contribution in [3.8, 4) is 11.6 Å². The number of benzene rings is 2. The minimum Gasteiger partial charge on any atom is -0.435 e. The van der Waals surface area contributed by atoms with E-state index in [-0.39, 0.29) is 0 Å². The first kappa shape index (κ1) is 12.4. The molecule has 0 amide bonds. The second-order valence-electron chi connectivity index (χ2n) is 4.75. The third-order valence-electron chi connectivity index (χ3n) is 3.07. The van der Waals surface area contributed by atoms with Gasteiger partial charge in [-0.2, -0.15) is 0 Å². The van der Waals surface area contributed by atoms with E-state index in [1.807, 2.05) is 56.3 Å². The number of aryl methyl sites for hydroxylation is 2. The van der Waals surface area contributed by atoms with Crippen molar-refractivity contribution in [1.82, 2.24) is 9.97 Å². The summed E-state index contributed by atoms with van der Waals surface area (Å²) in [6.07, 6.45) is 0. The van der Waals surface area contributed by atoms with Gasteiger partial charge >= 0.3 is 0 Å². The second kappa shape index (κ2) is 4.81. The van der Waals surface area contributed by atoms with Crippen molar-refractivity contribution in [3.05, 3.63) is 53.7 Å². The third-order valence-corrected chi connectivity index (χ3v) is 3.07. The lowest BCUT2D eigenvalue weighted by molar-refractivity contribution is 0.460. The van der Waals surface area contributed by atoms with Gasteiger partial charge in [0.25, 0.3) is 0 Å². The molecule has 0 fully saturated rings. The van der Waals surface area contributed by atoms with Crippen LogP contribution < -0.4 is 10.5 Å². The van der Waals surface area contributed by atoms with Gasteiger partial charge in [-0.3, -0.25) is 0 Å². The number of ether oxygens (including phenoxy) is 1. The fourth-order valence-electron chi connectivity index (χ4n) is 2.03. The van der Waals surface area contributed by atoms with Crippen LogP contribution in [0.2, 0.25) is 0 Å². The minimum absolute atomic E-state index is 0.485. The first-order valence-corrected chi connectivity index (χ1v) is 6.41. The number of para-hydroxylation sites is 2. The maximum atomic E-state index is 5.96. The van der Waals surface area contributed by atoms with E-state index >= 15 is 0 Å². The van der Waals surface area contributed by atoms with Crippen molar-refractivity contribution in [3.63, 3.8) is 0 Å². The molecule has 3 aromatic rings. The highest BCUT2D eigenvalue weighted by molar-refractivity contribution is 5.74. The maximum absolute atomic E-state index is 5.96. The summed E-state index contributed by atoms with van der Waals surface area (Å²) >= 11 is 0. The molecule has 0 aliphatic rings. The molecule has 1 aromatic heterocycles. The zero-order valence-electron chi connectivity index (χ0n) is 11.4. The van der Waals surface area contributed by atoms with Crippen LogP contribution in [0.25, 0.3) is 11.0 Å². The van der Waals surface area contributed by atoms with Crippen LogP contribution in [0.4, 0.5) is 5.69 Å². The number of nitrogens with two attached hydrogens (primary N) is 1. The molecular formula is C16H15N3O. The maximum Gasteiger partial charge on any atom is 0.241 e. The SMILES string of the molecule is Cc1ccc(Oc2nc3ccccc3nc2C)c(N)c1. The van der Waals surface area contributed by atoms with Gasteiger partial charge in [-0.15, -0.1) is 0 Å². The highest BCUT2D eigenvalue weighted by atomic mass is 16.5. The van der Waals surface area contributed by atoms with Gasteiger partial charge in [0.05, 0.1) is 16.7 Å². The summed E-state index contributed by atoms with van der Waals surface area (Å²) in [6.45, 7) is 3.86. The van der Waals surface area contributed by atoms with Gasteiger partial charge in [0, 0.05) is 0 Å². The number of nitrogen functional groups attached to an aromatic ring is 1. The molecule has 0 aliphatic heterocycles. The van der Waals surface area contributed by atoms with E-state index in [9.17, 15) is 0 Å². The Bertz CT molecular complexity index is 784. The summed E-state index contributed by atoms with van der Waals surface area (Å²) < 4.78 is 5.80. The Morgan fingerprint density at radius 3 is 2.35 bits per heavy atom. The van der Waals surface area contributed by atoms with Crippen LogP contribution in [0.3, 0.4) is 0 Å². The van der Waals surface area contributed by atoms with Crippen molar-refractivity contribution >= 4 is 16.7 Å². The Hall–Kier alpha value is -2.62. The molecule has 0 unspecified atom stereocenters. The number of fused-ring (bicyclic) bond motifs is 1. The molecule has 0 saturated carbocycles. The molecule has 0 spiro atoms. The van der Waals surface area contributed by atoms with Crippen LogP contribution in [0.1, 0.15) is 11.3 Å². The Morgan fingerprint density at radius 1 is 0.950 bits per heavy atom. The summed E-state index contributed by atoms with van der Waals surface area (Å²) in [5.74, 6) is 1.09. The molecule has 0 aliphatic carbocycles. The van der Waals surface area contributed by atoms with Gasteiger partial charge in [-0.25, -0.2) is 9.97 Å². The van der Waals surface area contributed by atoms with E-state index in [4.69, 9.17) is 10.5 Å². The Balaban J connectivity index is 2.03. The van der Waals surface area contributed by atoms with Crippen LogP contribution in [0.15, 0.2) is 42.5 Å². The topological polar surface area (TPSA) is 61.0 Å². The molecule has 4 nitrogen and oxygen atoms in total. The smallest absolute Gasteiger partial charge is 0.241 e. The number of hydrogen-bond donors (Lipinski definition) is 1. The largest absolute Gasteiger partial charge is 0.435 e. The summed E-state index contributed by atoms with van der Waals surface area (Å²) in [6, 6.07) is 13.4. The van der Waals surface area contributed by atoms with Crippen LogP contribution >= 0.6 is 0 Å². The van der Waals surface area contributed by atoms with Crippen LogP contribution in [0.5, 0.6) is 11.6 Å². The predicted molar refractivity (Wildman–Crippen MR) is 79.9 cm³/mol. The molecule has 4 heteroatoms. The molecule has 0 radical (unpaired) electrons. The van der Waals surface area contributed by atoms with Crippen molar-refractivity contribution < 1.29 is 4.74 Å². The van der Waals surface area contributed by atoms with Gasteiger partial charge in [0.1, 0.15) is 5.69 Å². The van der Waals surface area contributed by atoms with Gasteiger partial charge < -0.3 is 10.5 Å². The van der Waals surface area contributed by atoms with Gasteiger partial charge in [0.15, 0.2) is 5.75 Å². The molecule has 0 saturated heterocycles. The monoisotopic (exact) mass is 265 g/mol. The molecule has 1 heterocycles. The van der Waals surface area contributed by atoms with Gasteiger partial charge in [-0.05, 0) is 43.7 Å².